The molecule has 4 rings (SSSR count). The lowest BCUT2D eigenvalue weighted by atomic mass is 10.1. The monoisotopic (exact) mass is 390 g/mol. The molecule has 5 heteroatoms. The molecular formula is C23H16ClFN2O. The average molecular weight is 391 g/mol. The standard InChI is InChI=1S/C23H16ClFN2O/c1-15-9-11-16(12-10-15)27-22(14-13-17-19(24)6-4-7-20(17)25)26-21-8-3-2-5-18(21)23(27)28/h2-14H,1H3. The molecule has 0 aliphatic heterocycles. The third kappa shape index (κ3) is 3.35. The van der Waals surface area contributed by atoms with Crippen molar-refractivity contribution in [1.82, 2.24) is 9.55 Å². The summed E-state index contributed by atoms with van der Waals surface area (Å²) in [6.45, 7) is 1.98. The van der Waals surface area contributed by atoms with Crippen LogP contribution < -0.4 is 5.56 Å². The van der Waals surface area contributed by atoms with Crippen LogP contribution in [0.5, 0.6) is 0 Å². The topological polar surface area (TPSA) is 34.9 Å². The van der Waals surface area contributed by atoms with Crippen molar-refractivity contribution in [1.29, 1.82) is 0 Å². The number of halogens is 2. The van der Waals surface area contributed by atoms with Crippen molar-refractivity contribution in [2.24, 2.45) is 0 Å². The van der Waals surface area contributed by atoms with Gasteiger partial charge in [0.15, 0.2) is 0 Å². The maximum atomic E-state index is 14.1. The zero-order valence-electron chi connectivity index (χ0n) is 15.1. The Balaban J connectivity index is 1.96. The van der Waals surface area contributed by atoms with E-state index >= 15 is 0 Å². The van der Waals surface area contributed by atoms with Gasteiger partial charge in [-0.25, -0.2) is 9.37 Å². The molecule has 1 aromatic heterocycles. The van der Waals surface area contributed by atoms with Crippen LogP contribution in [-0.2, 0) is 0 Å². The fraction of sp³-hybridized carbons (Fsp3) is 0.0435. The van der Waals surface area contributed by atoms with Gasteiger partial charge in [-0.15, -0.1) is 0 Å². The molecule has 0 bridgehead atoms. The van der Waals surface area contributed by atoms with Crippen molar-refractivity contribution in [3.63, 3.8) is 0 Å². The Morgan fingerprint density at radius 1 is 0.964 bits per heavy atom. The van der Waals surface area contributed by atoms with Gasteiger partial charge in [0.2, 0.25) is 0 Å². The fourth-order valence-electron chi connectivity index (χ4n) is 3.03. The van der Waals surface area contributed by atoms with E-state index < -0.39 is 5.82 Å². The van der Waals surface area contributed by atoms with Gasteiger partial charge < -0.3 is 0 Å². The smallest absolute Gasteiger partial charge is 0.266 e. The molecule has 0 aliphatic rings. The Labute approximate surface area is 166 Å². The van der Waals surface area contributed by atoms with Gasteiger partial charge in [-0.05, 0) is 55.5 Å². The van der Waals surface area contributed by atoms with Crippen LogP contribution in [0.1, 0.15) is 17.0 Å². The van der Waals surface area contributed by atoms with Gasteiger partial charge in [0.05, 0.1) is 21.6 Å². The zero-order chi connectivity index (χ0) is 19.7. The molecule has 4 aromatic rings. The third-order valence-electron chi connectivity index (χ3n) is 4.49. The molecule has 0 radical (unpaired) electrons. The summed E-state index contributed by atoms with van der Waals surface area (Å²) in [6.07, 6.45) is 3.15. The van der Waals surface area contributed by atoms with Gasteiger partial charge in [0.1, 0.15) is 11.6 Å². The number of para-hydroxylation sites is 1. The van der Waals surface area contributed by atoms with Crippen LogP contribution in [0, 0.1) is 12.7 Å². The number of hydrogen-bond donors (Lipinski definition) is 0. The second-order valence-electron chi connectivity index (χ2n) is 6.43. The highest BCUT2D eigenvalue weighted by Crippen LogP contribution is 2.22. The molecule has 1 heterocycles. The Morgan fingerprint density at radius 3 is 2.46 bits per heavy atom. The lowest BCUT2D eigenvalue weighted by molar-refractivity contribution is 0.625. The lowest BCUT2D eigenvalue weighted by Crippen LogP contribution is -2.22. The Morgan fingerprint density at radius 2 is 1.71 bits per heavy atom. The molecule has 0 unspecified atom stereocenters. The second-order valence-corrected chi connectivity index (χ2v) is 6.84. The van der Waals surface area contributed by atoms with Gasteiger partial charge in [-0.3, -0.25) is 9.36 Å². The van der Waals surface area contributed by atoms with Gasteiger partial charge >= 0.3 is 0 Å². The molecule has 28 heavy (non-hydrogen) atoms. The van der Waals surface area contributed by atoms with E-state index in [-0.39, 0.29) is 11.1 Å². The highest BCUT2D eigenvalue weighted by Gasteiger charge is 2.11. The first kappa shape index (κ1) is 18.1. The summed E-state index contributed by atoms with van der Waals surface area (Å²) < 4.78 is 15.6. The van der Waals surface area contributed by atoms with Crippen LogP contribution in [0.2, 0.25) is 5.02 Å². The maximum Gasteiger partial charge on any atom is 0.266 e. The predicted octanol–water partition coefficient (Wildman–Crippen LogP) is 5.66. The molecule has 0 saturated carbocycles. The molecule has 0 N–H and O–H groups in total. The first-order valence-corrected chi connectivity index (χ1v) is 9.13. The maximum absolute atomic E-state index is 14.1. The summed E-state index contributed by atoms with van der Waals surface area (Å²) in [5.41, 5.74) is 2.42. The van der Waals surface area contributed by atoms with E-state index in [9.17, 15) is 9.18 Å². The molecule has 0 amide bonds. The van der Waals surface area contributed by atoms with Crippen LogP contribution in [0.3, 0.4) is 0 Å². The molecule has 0 aliphatic carbocycles. The quantitative estimate of drug-likeness (QED) is 0.452. The van der Waals surface area contributed by atoms with E-state index in [4.69, 9.17) is 11.6 Å². The number of rotatable bonds is 3. The fourth-order valence-corrected chi connectivity index (χ4v) is 3.26. The Kier molecular flexibility index (Phi) is 4.80. The van der Waals surface area contributed by atoms with Crippen molar-refractivity contribution in [2.45, 2.75) is 6.92 Å². The van der Waals surface area contributed by atoms with Crippen molar-refractivity contribution in [2.75, 3.05) is 0 Å². The molecule has 0 spiro atoms. The van der Waals surface area contributed by atoms with Crippen molar-refractivity contribution >= 4 is 34.7 Å². The first-order chi connectivity index (χ1) is 13.5. The van der Waals surface area contributed by atoms with Crippen molar-refractivity contribution in [3.8, 4) is 5.69 Å². The number of benzene rings is 3. The summed E-state index contributed by atoms with van der Waals surface area (Å²) in [7, 11) is 0. The van der Waals surface area contributed by atoms with Gasteiger partial charge in [-0.2, -0.15) is 0 Å². The number of hydrogen-bond acceptors (Lipinski definition) is 2. The summed E-state index contributed by atoms with van der Waals surface area (Å²) in [4.78, 5) is 17.8. The van der Waals surface area contributed by atoms with Crippen molar-refractivity contribution in [3.05, 3.63) is 105 Å². The van der Waals surface area contributed by atoms with Crippen LogP contribution in [0.15, 0.2) is 71.5 Å². The highest BCUT2D eigenvalue weighted by molar-refractivity contribution is 6.32. The summed E-state index contributed by atoms with van der Waals surface area (Å²) in [6, 6.07) is 19.2. The van der Waals surface area contributed by atoms with Crippen LogP contribution >= 0.6 is 11.6 Å². The van der Waals surface area contributed by atoms with E-state index in [0.29, 0.717) is 27.4 Å². The minimum atomic E-state index is -0.436. The molecule has 138 valence electrons. The summed E-state index contributed by atoms with van der Waals surface area (Å²) >= 11 is 6.12. The van der Waals surface area contributed by atoms with Crippen LogP contribution in [0.4, 0.5) is 4.39 Å². The molecular weight excluding hydrogens is 375 g/mol. The molecule has 0 atom stereocenters. The Bertz CT molecular complexity index is 1240. The molecule has 3 nitrogen and oxygen atoms in total. The largest absolute Gasteiger partial charge is 0.268 e. The number of fused-ring (bicyclic) bond motifs is 1. The SMILES string of the molecule is Cc1ccc(-n2c(C=Cc3c(F)cccc3Cl)nc3ccccc3c2=O)cc1. The van der Waals surface area contributed by atoms with E-state index in [1.54, 1.807) is 42.5 Å². The molecule has 0 fully saturated rings. The number of nitrogens with zero attached hydrogens (tertiary/aromatic N) is 2. The summed E-state index contributed by atoms with van der Waals surface area (Å²) in [5, 5.41) is 0.811. The minimum absolute atomic E-state index is 0.186. The molecule has 0 saturated heterocycles. The number of aromatic nitrogens is 2. The minimum Gasteiger partial charge on any atom is -0.268 e. The number of aryl methyl sites for hydroxylation is 1. The Hall–Kier alpha value is -3.24. The van der Waals surface area contributed by atoms with E-state index in [1.165, 1.54) is 10.6 Å². The van der Waals surface area contributed by atoms with Crippen LogP contribution in [0.25, 0.3) is 28.7 Å². The lowest BCUT2D eigenvalue weighted by Gasteiger charge is -2.12. The summed E-state index contributed by atoms with van der Waals surface area (Å²) in [5.74, 6) is -0.0411. The first-order valence-electron chi connectivity index (χ1n) is 8.75. The highest BCUT2D eigenvalue weighted by atomic mass is 35.5. The second kappa shape index (κ2) is 7.41. The van der Waals surface area contributed by atoms with E-state index in [0.717, 1.165) is 5.56 Å². The third-order valence-corrected chi connectivity index (χ3v) is 4.82. The van der Waals surface area contributed by atoms with E-state index in [1.807, 2.05) is 37.3 Å². The van der Waals surface area contributed by atoms with Crippen LogP contribution in [-0.4, -0.2) is 9.55 Å². The molecule has 3 aromatic carbocycles. The van der Waals surface area contributed by atoms with Crippen molar-refractivity contribution < 1.29 is 4.39 Å². The van der Waals surface area contributed by atoms with Gasteiger partial charge in [0.25, 0.3) is 5.56 Å². The predicted molar refractivity (Wildman–Crippen MR) is 112 cm³/mol. The van der Waals surface area contributed by atoms with Gasteiger partial charge in [-0.1, -0.05) is 47.5 Å². The van der Waals surface area contributed by atoms with E-state index in [2.05, 4.69) is 4.98 Å². The average Bonchev–Trinajstić information content (AvgIpc) is 2.69. The zero-order valence-corrected chi connectivity index (χ0v) is 15.8. The normalized spacial score (nSPS) is 11.4. The van der Waals surface area contributed by atoms with Gasteiger partial charge in [0, 0.05) is 5.56 Å².